The third kappa shape index (κ3) is 2.43. The second-order valence-electron chi connectivity index (χ2n) is 2.19. The lowest BCUT2D eigenvalue weighted by atomic mass is 10.3. The molecule has 1 aromatic heterocycles. The molecule has 0 aliphatic rings. The first kappa shape index (κ1) is 9.95. The number of carbonyl (C=O) groups is 1. The predicted octanol–water partition coefficient (Wildman–Crippen LogP) is 0.151. The molecule has 1 heterocycles. The Bertz CT molecular complexity index is 372. The molecule has 0 bridgehead atoms. The van der Waals surface area contributed by atoms with Crippen LogP contribution in [0.15, 0.2) is 12.3 Å². The molecule has 1 rings (SSSR count). The van der Waals surface area contributed by atoms with Gasteiger partial charge in [-0.1, -0.05) is 5.92 Å². The topological polar surface area (TPSA) is 84.3 Å². The van der Waals surface area contributed by atoms with Gasteiger partial charge in [-0.25, -0.2) is 10.3 Å². The minimum absolute atomic E-state index is 0.00956. The Labute approximate surface area is 79.9 Å². The highest BCUT2D eigenvalue weighted by molar-refractivity contribution is 5.92. The summed E-state index contributed by atoms with van der Waals surface area (Å²) in [5, 5.41) is 15.8. The number of aromatic carboxylic acids is 1. The van der Waals surface area contributed by atoms with E-state index in [1.165, 1.54) is 12.3 Å². The van der Waals surface area contributed by atoms with E-state index in [0.29, 0.717) is 0 Å². The molecule has 6 nitrogen and oxygen atoms in total. The van der Waals surface area contributed by atoms with Gasteiger partial charge in [-0.05, 0) is 6.07 Å². The maximum atomic E-state index is 10.7. The van der Waals surface area contributed by atoms with Crippen molar-refractivity contribution in [1.82, 2.24) is 10.2 Å². The molecule has 0 unspecified atom stereocenters. The number of anilines is 1. The second kappa shape index (κ2) is 4.79. The Morgan fingerprint density at radius 1 is 1.79 bits per heavy atom. The average Bonchev–Trinajstić information content (AvgIpc) is 2.19. The molecule has 2 N–H and O–H groups in total. The fraction of sp³-hybridized carbons (Fsp3) is 0.125. The molecule has 0 saturated heterocycles. The van der Waals surface area contributed by atoms with E-state index in [2.05, 4.69) is 21.6 Å². The third-order valence-corrected chi connectivity index (χ3v) is 1.28. The number of nitrogens with zero attached hydrogens (tertiary/aromatic N) is 2. The van der Waals surface area contributed by atoms with Gasteiger partial charge in [0.1, 0.15) is 12.2 Å². The second-order valence-corrected chi connectivity index (χ2v) is 2.19. The van der Waals surface area contributed by atoms with Gasteiger partial charge < -0.3 is 5.11 Å². The van der Waals surface area contributed by atoms with E-state index in [1.54, 1.807) is 0 Å². The molecule has 0 aliphatic heterocycles. The van der Waals surface area contributed by atoms with Gasteiger partial charge in [-0.15, -0.1) is 11.5 Å². The molecule has 72 valence electrons. The van der Waals surface area contributed by atoms with Crippen LogP contribution >= 0.6 is 0 Å². The maximum Gasteiger partial charge on any atom is 0.339 e. The first-order valence-electron chi connectivity index (χ1n) is 3.62. The number of terminal acetylenes is 1. The van der Waals surface area contributed by atoms with Gasteiger partial charge in [0.25, 0.3) is 0 Å². The molecule has 14 heavy (non-hydrogen) atoms. The summed E-state index contributed by atoms with van der Waals surface area (Å²) in [6, 6.07) is 1.30. The minimum Gasteiger partial charge on any atom is -0.478 e. The van der Waals surface area contributed by atoms with E-state index in [4.69, 9.17) is 16.4 Å². The summed E-state index contributed by atoms with van der Waals surface area (Å²) in [6.07, 6.45) is 6.20. The molecular weight excluding hydrogens is 186 g/mol. The summed E-state index contributed by atoms with van der Waals surface area (Å²) in [4.78, 5) is 15.4. The van der Waals surface area contributed by atoms with Crippen LogP contribution in [0.1, 0.15) is 10.4 Å². The van der Waals surface area contributed by atoms with Crippen molar-refractivity contribution in [2.75, 3.05) is 12.1 Å². The lowest BCUT2D eigenvalue weighted by molar-refractivity contribution is 0.0696. The quantitative estimate of drug-likeness (QED) is 0.402. The smallest absolute Gasteiger partial charge is 0.339 e. The molecule has 0 spiro atoms. The van der Waals surface area contributed by atoms with Crippen molar-refractivity contribution in [2.45, 2.75) is 0 Å². The Balaban J connectivity index is 2.75. The van der Waals surface area contributed by atoms with E-state index in [0.717, 1.165) is 0 Å². The fourth-order valence-electron chi connectivity index (χ4n) is 0.726. The summed E-state index contributed by atoms with van der Waals surface area (Å²) in [5.41, 5.74) is 2.27. The van der Waals surface area contributed by atoms with Crippen LogP contribution in [0.4, 0.5) is 5.82 Å². The largest absolute Gasteiger partial charge is 0.478 e. The average molecular weight is 193 g/mol. The van der Waals surface area contributed by atoms with Crippen LogP contribution < -0.4 is 5.48 Å². The van der Waals surface area contributed by atoms with Crippen molar-refractivity contribution in [3.05, 3.63) is 17.8 Å². The Morgan fingerprint density at radius 2 is 2.57 bits per heavy atom. The standard InChI is InChI=1S/C8H7N3O3/c1-2-5-14-11-7-6(8(12)13)3-4-9-10-7/h1,3-4H,5H2,(H,10,11)(H,12,13). The van der Waals surface area contributed by atoms with E-state index < -0.39 is 5.97 Å². The molecule has 0 atom stereocenters. The number of aromatic nitrogens is 2. The van der Waals surface area contributed by atoms with Gasteiger partial charge in [0, 0.05) is 0 Å². The molecule has 0 fully saturated rings. The highest BCUT2D eigenvalue weighted by Crippen LogP contribution is 2.09. The molecule has 0 amide bonds. The number of rotatable bonds is 4. The van der Waals surface area contributed by atoms with Gasteiger partial charge >= 0.3 is 5.97 Å². The monoisotopic (exact) mass is 193 g/mol. The Hall–Kier alpha value is -2.13. The van der Waals surface area contributed by atoms with Crippen LogP contribution in [0.25, 0.3) is 0 Å². The van der Waals surface area contributed by atoms with Crippen LogP contribution in [0.2, 0.25) is 0 Å². The summed E-state index contributed by atoms with van der Waals surface area (Å²) in [7, 11) is 0. The number of nitrogens with one attached hydrogen (secondary N) is 1. The van der Waals surface area contributed by atoms with Crippen molar-refractivity contribution in [2.24, 2.45) is 0 Å². The Morgan fingerprint density at radius 3 is 3.21 bits per heavy atom. The van der Waals surface area contributed by atoms with E-state index >= 15 is 0 Å². The molecule has 6 heteroatoms. The van der Waals surface area contributed by atoms with Crippen LogP contribution in [0, 0.1) is 12.3 Å². The van der Waals surface area contributed by atoms with Gasteiger partial charge in [0.05, 0.1) is 6.20 Å². The Kier molecular flexibility index (Phi) is 3.41. The molecule has 0 aromatic carbocycles. The summed E-state index contributed by atoms with van der Waals surface area (Å²) < 4.78 is 0. The number of hydrogen-bond donors (Lipinski definition) is 2. The van der Waals surface area contributed by atoms with Gasteiger partial charge in [0.15, 0.2) is 5.82 Å². The number of carboxylic acids is 1. The highest BCUT2D eigenvalue weighted by atomic mass is 16.6. The summed E-state index contributed by atoms with van der Waals surface area (Å²) in [5.74, 6) is 1.11. The zero-order valence-electron chi connectivity index (χ0n) is 7.10. The molecule has 0 radical (unpaired) electrons. The summed E-state index contributed by atoms with van der Waals surface area (Å²) >= 11 is 0. The van der Waals surface area contributed by atoms with Crippen molar-refractivity contribution in [3.8, 4) is 12.3 Å². The first-order valence-corrected chi connectivity index (χ1v) is 3.62. The van der Waals surface area contributed by atoms with Crippen LogP contribution in [-0.2, 0) is 4.84 Å². The van der Waals surface area contributed by atoms with Crippen LogP contribution in [0.5, 0.6) is 0 Å². The highest BCUT2D eigenvalue weighted by Gasteiger charge is 2.10. The lowest BCUT2D eigenvalue weighted by Crippen LogP contribution is -2.09. The SMILES string of the molecule is C#CCONc1nnccc1C(=O)O. The van der Waals surface area contributed by atoms with Gasteiger partial charge in [-0.3, -0.25) is 4.84 Å². The maximum absolute atomic E-state index is 10.7. The molecule has 0 saturated carbocycles. The fourth-order valence-corrected chi connectivity index (χ4v) is 0.726. The lowest BCUT2D eigenvalue weighted by Gasteiger charge is -2.04. The molecular formula is C8H7N3O3. The van der Waals surface area contributed by atoms with E-state index in [1.807, 2.05) is 0 Å². The van der Waals surface area contributed by atoms with Gasteiger partial charge in [0.2, 0.25) is 0 Å². The predicted molar refractivity (Wildman–Crippen MR) is 47.4 cm³/mol. The van der Waals surface area contributed by atoms with E-state index in [-0.39, 0.29) is 18.0 Å². The van der Waals surface area contributed by atoms with Crippen molar-refractivity contribution in [1.29, 1.82) is 0 Å². The number of carboxylic acid groups (broad SMARTS) is 1. The normalized spacial score (nSPS) is 9.07. The zero-order valence-corrected chi connectivity index (χ0v) is 7.10. The molecule has 1 aromatic rings. The zero-order chi connectivity index (χ0) is 10.4. The number of hydrogen-bond acceptors (Lipinski definition) is 5. The van der Waals surface area contributed by atoms with Gasteiger partial charge in [-0.2, -0.15) is 5.10 Å². The van der Waals surface area contributed by atoms with Crippen molar-refractivity contribution >= 4 is 11.8 Å². The minimum atomic E-state index is -1.12. The van der Waals surface area contributed by atoms with Crippen molar-refractivity contribution in [3.63, 3.8) is 0 Å². The molecule has 0 aliphatic carbocycles. The van der Waals surface area contributed by atoms with Crippen molar-refractivity contribution < 1.29 is 14.7 Å². The first-order chi connectivity index (χ1) is 6.75. The third-order valence-electron chi connectivity index (χ3n) is 1.28. The van der Waals surface area contributed by atoms with Crippen LogP contribution in [-0.4, -0.2) is 27.9 Å². The van der Waals surface area contributed by atoms with Crippen LogP contribution in [0.3, 0.4) is 0 Å². The summed E-state index contributed by atoms with van der Waals surface area (Å²) in [6.45, 7) is 0.00956. The van der Waals surface area contributed by atoms with E-state index in [9.17, 15) is 4.79 Å².